The fourth-order valence-electron chi connectivity index (χ4n) is 4.15. The summed E-state index contributed by atoms with van der Waals surface area (Å²) in [5.74, 6) is -2.38. The highest BCUT2D eigenvalue weighted by Gasteiger charge is 2.46. The molecule has 1 aliphatic heterocycles. The molecule has 4 nitrogen and oxygen atoms in total. The molecular weight excluding hydrogens is 357 g/mol. The number of aryl methyl sites for hydroxylation is 1. The highest BCUT2D eigenvalue weighted by molar-refractivity contribution is 6.01. The average molecular weight is 382 g/mol. The summed E-state index contributed by atoms with van der Waals surface area (Å²) in [7, 11) is 0. The molecule has 27 heavy (non-hydrogen) atoms. The number of rotatable bonds is 4. The molecule has 1 fully saturated rings. The van der Waals surface area contributed by atoms with E-state index in [1.807, 2.05) is 17.4 Å². The summed E-state index contributed by atoms with van der Waals surface area (Å²) in [6.45, 7) is 2.12. The number of amides is 2. The Bertz CT molecular complexity index is 718. The Morgan fingerprint density at radius 2 is 2.04 bits per heavy atom. The maximum atomic E-state index is 12.8. The van der Waals surface area contributed by atoms with Crippen LogP contribution in [-0.2, 0) is 22.4 Å². The highest BCUT2D eigenvalue weighted by Crippen LogP contribution is 2.33. The molecule has 1 aliphatic carbocycles. The van der Waals surface area contributed by atoms with E-state index >= 15 is 0 Å². The van der Waals surface area contributed by atoms with Gasteiger partial charge in [-0.25, -0.2) is 0 Å². The van der Waals surface area contributed by atoms with Gasteiger partial charge in [0.2, 0.25) is 11.8 Å². The molecule has 0 aromatic heterocycles. The van der Waals surface area contributed by atoms with Crippen LogP contribution in [0.2, 0.25) is 0 Å². The van der Waals surface area contributed by atoms with Crippen molar-refractivity contribution in [1.82, 2.24) is 10.6 Å². The zero-order valence-corrected chi connectivity index (χ0v) is 15.4. The third kappa shape index (κ3) is 4.28. The molecule has 1 aromatic carbocycles. The van der Waals surface area contributed by atoms with Crippen LogP contribution in [0.1, 0.15) is 61.8 Å². The molecule has 3 unspecified atom stereocenters. The van der Waals surface area contributed by atoms with Crippen LogP contribution in [-0.4, -0.2) is 24.0 Å². The zero-order valence-electron chi connectivity index (χ0n) is 15.4. The van der Waals surface area contributed by atoms with Gasteiger partial charge in [0.05, 0.1) is 6.04 Å². The van der Waals surface area contributed by atoms with Gasteiger partial charge in [-0.05, 0) is 55.2 Å². The van der Waals surface area contributed by atoms with E-state index in [2.05, 4.69) is 18.3 Å². The van der Waals surface area contributed by atoms with Gasteiger partial charge in [-0.1, -0.05) is 31.5 Å². The van der Waals surface area contributed by atoms with Crippen molar-refractivity contribution in [3.63, 3.8) is 0 Å². The fourth-order valence-corrected chi connectivity index (χ4v) is 4.15. The van der Waals surface area contributed by atoms with Gasteiger partial charge in [0.15, 0.2) is 0 Å². The summed E-state index contributed by atoms with van der Waals surface area (Å²) in [6.07, 6.45) is -0.139. The highest BCUT2D eigenvalue weighted by atomic mass is 19.4. The van der Waals surface area contributed by atoms with E-state index in [1.54, 1.807) is 0 Å². The average Bonchev–Trinajstić information content (AvgIpc) is 2.61. The summed E-state index contributed by atoms with van der Waals surface area (Å²) in [5.41, 5.74) is 3.63. The summed E-state index contributed by atoms with van der Waals surface area (Å²) < 4.78 is 38.3. The number of fused-ring (bicyclic) bond motifs is 1. The van der Waals surface area contributed by atoms with Crippen LogP contribution in [0.4, 0.5) is 13.2 Å². The number of alkyl halides is 3. The molecule has 148 valence electrons. The minimum Gasteiger partial charge on any atom is -0.349 e. The first-order valence-corrected chi connectivity index (χ1v) is 9.59. The molecule has 0 spiro atoms. The SMILES string of the molecule is CCCc1cccc2c1CCCC2NC(=O)C1CCC(C(F)(F)F)NC1=O. The number of carbonyl (C=O) groups is 2. The fraction of sp³-hybridized carbons (Fsp3) is 0.600. The van der Waals surface area contributed by atoms with Crippen LogP contribution in [0, 0.1) is 5.92 Å². The first-order valence-electron chi connectivity index (χ1n) is 9.59. The molecule has 1 saturated heterocycles. The quantitative estimate of drug-likeness (QED) is 0.782. The largest absolute Gasteiger partial charge is 0.408 e. The molecule has 1 heterocycles. The third-order valence-electron chi connectivity index (χ3n) is 5.53. The Hall–Kier alpha value is -2.05. The van der Waals surface area contributed by atoms with Gasteiger partial charge in [-0.2, -0.15) is 13.2 Å². The number of hydrogen-bond donors (Lipinski definition) is 2. The molecule has 2 amide bonds. The molecule has 7 heteroatoms. The second-order valence-corrected chi connectivity index (χ2v) is 7.42. The Kier molecular flexibility index (Phi) is 5.77. The maximum Gasteiger partial charge on any atom is 0.408 e. The van der Waals surface area contributed by atoms with Gasteiger partial charge in [0, 0.05) is 0 Å². The Morgan fingerprint density at radius 3 is 2.70 bits per heavy atom. The van der Waals surface area contributed by atoms with E-state index in [1.165, 1.54) is 11.1 Å². The van der Waals surface area contributed by atoms with Crippen molar-refractivity contribution in [3.05, 3.63) is 34.9 Å². The summed E-state index contributed by atoms with van der Waals surface area (Å²) in [6, 6.07) is 4.04. The standard InChI is InChI=1S/C20H25F3N2O2/c1-2-5-12-6-3-8-14-13(12)7-4-9-16(14)24-18(26)15-10-11-17(20(21,22)23)25-19(15)27/h3,6,8,15-17H,2,4-5,7,9-11H2,1H3,(H,24,26)(H,25,27). The second-order valence-electron chi connectivity index (χ2n) is 7.42. The molecular formula is C20H25F3N2O2. The smallest absolute Gasteiger partial charge is 0.349 e. The Morgan fingerprint density at radius 1 is 1.26 bits per heavy atom. The minimum atomic E-state index is -4.48. The molecule has 2 aliphatic rings. The molecule has 1 aromatic rings. The molecule has 2 N–H and O–H groups in total. The molecule has 0 bridgehead atoms. The zero-order chi connectivity index (χ0) is 19.6. The molecule has 0 saturated carbocycles. The lowest BCUT2D eigenvalue weighted by atomic mass is 9.83. The van der Waals surface area contributed by atoms with Crippen molar-refractivity contribution in [2.24, 2.45) is 5.92 Å². The monoisotopic (exact) mass is 382 g/mol. The van der Waals surface area contributed by atoms with Crippen molar-refractivity contribution in [2.45, 2.75) is 70.1 Å². The van der Waals surface area contributed by atoms with E-state index in [9.17, 15) is 22.8 Å². The summed E-state index contributed by atoms with van der Waals surface area (Å²) in [4.78, 5) is 24.6. The number of carbonyl (C=O) groups excluding carboxylic acids is 2. The number of hydrogen-bond acceptors (Lipinski definition) is 2. The van der Waals surface area contributed by atoms with Crippen LogP contribution >= 0.6 is 0 Å². The van der Waals surface area contributed by atoms with Crippen molar-refractivity contribution in [1.29, 1.82) is 0 Å². The van der Waals surface area contributed by atoms with Gasteiger partial charge in [-0.15, -0.1) is 0 Å². The van der Waals surface area contributed by atoms with E-state index in [-0.39, 0.29) is 18.9 Å². The summed E-state index contributed by atoms with van der Waals surface area (Å²) in [5, 5.41) is 4.86. The van der Waals surface area contributed by atoms with Crippen LogP contribution in [0.3, 0.4) is 0 Å². The van der Waals surface area contributed by atoms with E-state index in [0.717, 1.165) is 37.7 Å². The lowest BCUT2D eigenvalue weighted by Gasteiger charge is -2.32. The first kappa shape index (κ1) is 19.7. The Labute approximate surface area is 156 Å². The second kappa shape index (κ2) is 7.90. The van der Waals surface area contributed by atoms with Crippen LogP contribution in [0.15, 0.2) is 18.2 Å². The summed E-state index contributed by atoms with van der Waals surface area (Å²) >= 11 is 0. The number of halogens is 3. The van der Waals surface area contributed by atoms with Crippen molar-refractivity contribution < 1.29 is 22.8 Å². The number of benzene rings is 1. The third-order valence-corrected chi connectivity index (χ3v) is 5.53. The number of piperidine rings is 1. The molecule has 3 rings (SSSR count). The normalized spacial score (nSPS) is 25.5. The van der Waals surface area contributed by atoms with Crippen LogP contribution < -0.4 is 10.6 Å². The Balaban J connectivity index is 1.70. The predicted molar refractivity (Wildman–Crippen MR) is 95.0 cm³/mol. The van der Waals surface area contributed by atoms with Gasteiger partial charge in [-0.3, -0.25) is 9.59 Å². The van der Waals surface area contributed by atoms with Crippen LogP contribution in [0.25, 0.3) is 0 Å². The van der Waals surface area contributed by atoms with Gasteiger partial charge in [0.25, 0.3) is 0 Å². The van der Waals surface area contributed by atoms with Gasteiger partial charge < -0.3 is 10.6 Å². The lowest BCUT2D eigenvalue weighted by molar-refractivity contribution is -0.171. The topological polar surface area (TPSA) is 58.2 Å². The van der Waals surface area contributed by atoms with Crippen molar-refractivity contribution in [2.75, 3.05) is 0 Å². The molecule has 3 atom stereocenters. The van der Waals surface area contributed by atoms with Crippen molar-refractivity contribution in [3.8, 4) is 0 Å². The van der Waals surface area contributed by atoms with E-state index < -0.39 is 30.0 Å². The number of nitrogens with one attached hydrogen (secondary N) is 2. The lowest BCUT2D eigenvalue weighted by Crippen LogP contribution is -2.54. The maximum absolute atomic E-state index is 12.8. The van der Waals surface area contributed by atoms with Gasteiger partial charge in [0.1, 0.15) is 12.0 Å². The minimum absolute atomic E-state index is 0.0860. The molecule has 0 radical (unpaired) electrons. The van der Waals surface area contributed by atoms with Crippen LogP contribution in [0.5, 0.6) is 0 Å². The van der Waals surface area contributed by atoms with E-state index in [0.29, 0.717) is 0 Å². The van der Waals surface area contributed by atoms with Crippen molar-refractivity contribution >= 4 is 11.8 Å². The van der Waals surface area contributed by atoms with Gasteiger partial charge >= 0.3 is 6.18 Å². The first-order chi connectivity index (χ1) is 12.8. The van der Waals surface area contributed by atoms with E-state index in [4.69, 9.17) is 0 Å². The predicted octanol–water partition coefficient (Wildman–Crippen LogP) is 3.59.